The molecule has 0 saturated heterocycles. The van der Waals surface area contributed by atoms with E-state index in [2.05, 4.69) is 9.97 Å². The molecule has 0 aliphatic heterocycles. The lowest BCUT2D eigenvalue weighted by molar-refractivity contribution is 0.621. The van der Waals surface area contributed by atoms with Crippen molar-refractivity contribution < 1.29 is 4.39 Å². The van der Waals surface area contributed by atoms with Crippen LogP contribution < -0.4 is 0 Å². The number of benzene rings is 2. The summed E-state index contributed by atoms with van der Waals surface area (Å²) < 4.78 is 14.2. The molecule has 5 heteroatoms. The zero-order chi connectivity index (χ0) is 14.3. The molecule has 0 N–H and O–H groups in total. The number of hydrogen-bond donors (Lipinski definition) is 0. The van der Waals surface area contributed by atoms with E-state index in [9.17, 15) is 4.39 Å². The summed E-state index contributed by atoms with van der Waals surface area (Å²) in [6.45, 7) is 1.69. The molecule has 0 atom stereocenters. The number of nitrogens with zero attached hydrogens (tertiary/aromatic N) is 2. The molecule has 0 bridgehead atoms. The molecule has 0 fully saturated rings. The van der Waals surface area contributed by atoms with E-state index in [1.165, 1.54) is 0 Å². The molecular formula is C15H9Cl2FN2. The Labute approximate surface area is 125 Å². The van der Waals surface area contributed by atoms with Crippen molar-refractivity contribution >= 4 is 34.1 Å². The Balaban J connectivity index is 2.33. The van der Waals surface area contributed by atoms with Crippen molar-refractivity contribution in [3.05, 3.63) is 58.0 Å². The molecule has 0 saturated carbocycles. The van der Waals surface area contributed by atoms with Crippen LogP contribution >= 0.6 is 23.2 Å². The van der Waals surface area contributed by atoms with E-state index in [4.69, 9.17) is 23.2 Å². The van der Waals surface area contributed by atoms with Crippen LogP contribution in [0.2, 0.25) is 10.2 Å². The van der Waals surface area contributed by atoms with Gasteiger partial charge in [0, 0.05) is 5.39 Å². The average molecular weight is 307 g/mol. The van der Waals surface area contributed by atoms with E-state index >= 15 is 0 Å². The topological polar surface area (TPSA) is 25.8 Å². The van der Waals surface area contributed by atoms with Crippen molar-refractivity contribution in [3.8, 4) is 11.4 Å². The predicted molar refractivity (Wildman–Crippen MR) is 79.7 cm³/mol. The van der Waals surface area contributed by atoms with Crippen molar-refractivity contribution in [1.29, 1.82) is 0 Å². The number of aromatic nitrogens is 2. The van der Waals surface area contributed by atoms with Crippen LogP contribution in [0.4, 0.5) is 4.39 Å². The molecule has 0 aliphatic carbocycles. The van der Waals surface area contributed by atoms with E-state index < -0.39 is 0 Å². The maximum atomic E-state index is 14.2. The fourth-order valence-corrected chi connectivity index (χ4v) is 2.47. The second kappa shape index (κ2) is 5.00. The Kier molecular flexibility index (Phi) is 3.32. The lowest BCUT2D eigenvalue weighted by Gasteiger charge is -2.07. The molecule has 20 heavy (non-hydrogen) atoms. The fourth-order valence-electron chi connectivity index (χ4n) is 2.02. The molecule has 3 aromatic rings. The Morgan fingerprint density at radius 3 is 2.55 bits per heavy atom. The zero-order valence-corrected chi connectivity index (χ0v) is 12.0. The molecular weight excluding hydrogens is 298 g/mol. The van der Waals surface area contributed by atoms with Crippen molar-refractivity contribution in [3.63, 3.8) is 0 Å². The number of rotatable bonds is 1. The van der Waals surface area contributed by atoms with Crippen LogP contribution in [-0.2, 0) is 0 Å². The first-order valence-corrected chi connectivity index (χ1v) is 6.71. The van der Waals surface area contributed by atoms with Crippen LogP contribution in [0.15, 0.2) is 36.4 Å². The standard InChI is InChI=1S/C15H9Cl2FN2/c1-8-4-2-5-9(12(8)18)15-19-13-10(14(17)20-15)6-3-7-11(13)16/h2-7H,1H3. The molecule has 0 unspecified atom stereocenters. The van der Waals surface area contributed by atoms with Gasteiger partial charge in [-0.3, -0.25) is 0 Å². The van der Waals surface area contributed by atoms with Crippen LogP contribution in [0.5, 0.6) is 0 Å². The highest BCUT2D eigenvalue weighted by molar-refractivity contribution is 6.38. The van der Waals surface area contributed by atoms with Gasteiger partial charge in [-0.1, -0.05) is 41.4 Å². The fraction of sp³-hybridized carbons (Fsp3) is 0.0667. The third-order valence-corrected chi connectivity index (χ3v) is 3.66. The molecule has 100 valence electrons. The van der Waals surface area contributed by atoms with Crippen molar-refractivity contribution in [2.45, 2.75) is 6.92 Å². The van der Waals surface area contributed by atoms with E-state index in [0.29, 0.717) is 27.1 Å². The van der Waals surface area contributed by atoms with Gasteiger partial charge in [-0.05, 0) is 30.7 Å². The maximum absolute atomic E-state index is 14.2. The van der Waals surface area contributed by atoms with E-state index in [1.54, 1.807) is 43.3 Å². The smallest absolute Gasteiger partial charge is 0.164 e. The van der Waals surface area contributed by atoms with Crippen molar-refractivity contribution in [1.82, 2.24) is 9.97 Å². The Bertz CT molecular complexity index is 818. The van der Waals surface area contributed by atoms with Gasteiger partial charge in [-0.2, -0.15) is 0 Å². The van der Waals surface area contributed by atoms with Gasteiger partial charge in [0.15, 0.2) is 5.82 Å². The zero-order valence-electron chi connectivity index (χ0n) is 10.5. The molecule has 2 aromatic carbocycles. The van der Waals surface area contributed by atoms with Crippen LogP contribution in [0.1, 0.15) is 5.56 Å². The SMILES string of the molecule is Cc1cccc(-c2nc(Cl)c3cccc(Cl)c3n2)c1F. The maximum Gasteiger partial charge on any atom is 0.164 e. The summed E-state index contributed by atoms with van der Waals surface area (Å²) >= 11 is 12.3. The van der Waals surface area contributed by atoms with Crippen LogP contribution in [0.25, 0.3) is 22.3 Å². The first kappa shape index (κ1) is 13.3. The average Bonchev–Trinajstić information content (AvgIpc) is 2.43. The van der Waals surface area contributed by atoms with Gasteiger partial charge in [0.1, 0.15) is 11.0 Å². The van der Waals surface area contributed by atoms with Gasteiger partial charge >= 0.3 is 0 Å². The van der Waals surface area contributed by atoms with E-state index in [0.717, 1.165) is 0 Å². The summed E-state index contributed by atoms with van der Waals surface area (Å²) in [5.41, 5.74) is 1.36. The summed E-state index contributed by atoms with van der Waals surface area (Å²) in [7, 11) is 0. The van der Waals surface area contributed by atoms with Crippen LogP contribution in [-0.4, -0.2) is 9.97 Å². The lowest BCUT2D eigenvalue weighted by Crippen LogP contribution is -1.96. The molecule has 0 amide bonds. The van der Waals surface area contributed by atoms with Gasteiger partial charge in [0.2, 0.25) is 0 Å². The first-order valence-electron chi connectivity index (χ1n) is 5.95. The Morgan fingerprint density at radius 2 is 1.75 bits per heavy atom. The third-order valence-electron chi connectivity index (χ3n) is 3.06. The molecule has 0 spiro atoms. The molecule has 1 aromatic heterocycles. The molecule has 0 aliphatic rings. The second-order valence-electron chi connectivity index (χ2n) is 4.41. The summed E-state index contributed by atoms with van der Waals surface area (Å²) in [4.78, 5) is 8.51. The summed E-state index contributed by atoms with van der Waals surface area (Å²) in [6.07, 6.45) is 0. The summed E-state index contributed by atoms with van der Waals surface area (Å²) in [6, 6.07) is 10.3. The number of aryl methyl sites for hydroxylation is 1. The van der Waals surface area contributed by atoms with Crippen molar-refractivity contribution in [2.24, 2.45) is 0 Å². The van der Waals surface area contributed by atoms with E-state index in [-0.39, 0.29) is 16.8 Å². The number of hydrogen-bond acceptors (Lipinski definition) is 2. The highest BCUT2D eigenvalue weighted by Crippen LogP contribution is 2.30. The number of para-hydroxylation sites is 1. The minimum atomic E-state index is -0.352. The third kappa shape index (κ3) is 2.13. The predicted octanol–water partition coefficient (Wildman–Crippen LogP) is 5.05. The molecule has 0 radical (unpaired) electrons. The van der Waals surface area contributed by atoms with Gasteiger partial charge in [0.25, 0.3) is 0 Å². The highest BCUT2D eigenvalue weighted by Gasteiger charge is 2.14. The van der Waals surface area contributed by atoms with Gasteiger partial charge < -0.3 is 0 Å². The van der Waals surface area contributed by atoms with Crippen LogP contribution in [0.3, 0.4) is 0 Å². The minimum Gasteiger partial charge on any atom is -0.226 e. The van der Waals surface area contributed by atoms with Crippen molar-refractivity contribution in [2.75, 3.05) is 0 Å². The lowest BCUT2D eigenvalue weighted by atomic mass is 10.1. The second-order valence-corrected chi connectivity index (χ2v) is 5.18. The van der Waals surface area contributed by atoms with Gasteiger partial charge in [0.05, 0.1) is 16.1 Å². The normalized spacial score (nSPS) is 11.0. The largest absolute Gasteiger partial charge is 0.226 e. The summed E-state index contributed by atoms with van der Waals surface area (Å²) in [5, 5.41) is 1.37. The first-order chi connectivity index (χ1) is 9.58. The quantitative estimate of drug-likeness (QED) is 0.588. The minimum absolute atomic E-state index is 0.233. The van der Waals surface area contributed by atoms with E-state index in [1.807, 2.05) is 0 Å². The summed E-state index contributed by atoms with van der Waals surface area (Å²) in [5.74, 6) is -0.119. The van der Waals surface area contributed by atoms with Crippen LogP contribution in [0, 0.1) is 12.7 Å². The number of halogens is 3. The monoisotopic (exact) mass is 306 g/mol. The molecule has 1 heterocycles. The van der Waals surface area contributed by atoms with Gasteiger partial charge in [-0.25, -0.2) is 14.4 Å². The molecule has 3 rings (SSSR count). The Hall–Kier alpha value is -1.71. The highest BCUT2D eigenvalue weighted by atomic mass is 35.5. The van der Waals surface area contributed by atoms with Gasteiger partial charge in [-0.15, -0.1) is 0 Å². The molecule has 2 nitrogen and oxygen atoms in total. The number of fused-ring (bicyclic) bond motifs is 1. The Morgan fingerprint density at radius 1 is 1.00 bits per heavy atom.